The zero-order chi connectivity index (χ0) is 16.2. The lowest BCUT2D eigenvalue weighted by molar-refractivity contribution is -0.0609. The minimum atomic E-state index is -1.48. The van der Waals surface area contributed by atoms with E-state index in [0.29, 0.717) is 12.3 Å². The van der Waals surface area contributed by atoms with Crippen LogP contribution in [0.4, 0.5) is 8.78 Å². The molecule has 132 valence electrons. The van der Waals surface area contributed by atoms with E-state index in [9.17, 15) is 8.78 Å². The summed E-state index contributed by atoms with van der Waals surface area (Å²) in [5.41, 5.74) is 0. The van der Waals surface area contributed by atoms with Gasteiger partial charge in [0.25, 0.3) is 0 Å². The number of hydrogen-bond acceptors (Lipinski definition) is 1. The molecule has 0 amide bonds. The van der Waals surface area contributed by atoms with Crippen LogP contribution in [0.1, 0.15) is 70.6 Å². The lowest BCUT2D eigenvalue weighted by Crippen LogP contribution is -2.45. The summed E-state index contributed by atoms with van der Waals surface area (Å²) in [5.74, 6) is 2.05. The van der Waals surface area contributed by atoms with Gasteiger partial charge in [0.2, 0.25) is 0 Å². The first kappa shape index (κ1) is 17.2. The highest BCUT2D eigenvalue weighted by Crippen LogP contribution is 2.46. The average Bonchev–Trinajstić information content (AvgIpc) is 2.60. The molecule has 3 heteroatoms. The van der Waals surface area contributed by atoms with E-state index in [1.165, 1.54) is 51.2 Å². The Labute approximate surface area is 139 Å². The van der Waals surface area contributed by atoms with E-state index in [-0.39, 0.29) is 5.92 Å². The molecular formula is C20H32F2O. The maximum absolute atomic E-state index is 14.6. The highest BCUT2D eigenvalue weighted by Gasteiger charge is 2.45. The standard InChI is InChI=1S/C20H32F2O/c1-2-23-18-13-12-17(19(21)20(18)22)16-10-8-15(9-11-16)14-6-4-3-5-7-14/h2,14-20H,1,3-13H2. The lowest BCUT2D eigenvalue weighted by atomic mass is 9.66. The van der Waals surface area contributed by atoms with Crippen molar-refractivity contribution < 1.29 is 13.5 Å². The minimum Gasteiger partial charge on any atom is -0.495 e. The molecule has 4 atom stereocenters. The van der Waals surface area contributed by atoms with Crippen LogP contribution in [-0.4, -0.2) is 18.4 Å². The second kappa shape index (κ2) is 7.98. The fourth-order valence-electron chi connectivity index (χ4n) is 5.53. The van der Waals surface area contributed by atoms with Crippen molar-refractivity contribution in [2.45, 2.75) is 89.1 Å². The Morgan fingerprint density at radius 3 is 1.96 bits per heavy atom. The third-order valence-corrected chi connectivity index (χ3v) is 6.86. The second-order valence-corrected chi connectivity index (χ2v) is 8.04. The first-order chi connectivity index (χ1) is 11.2. The summed E-state index contributed by atoms with van der Waals surface area (Å²) in [6.45, 7) is 3.46. The van der Waals surface area contributed by atoms with Crippen LogP contribution in [0.2, 0.25) is 0 Å². The van der Waals surface area contributed by atoms with Crippen LogP contribution in [0.25, 0.3) is 0 Å². The minimum absolute atomic E-state index is 0.0954. The van der Waals surface area contributed by atoms with Gasteiger partial charge in [-0.1, -0.05) is 38.7 Å². The van der Waals surface area contributed by atoms with Gasteiger partial charge in [0.15, 0.2) is 6.17 Å². The van der Waals surface area contributed by atoms with Gasteiger partial charge in [-0.15, -0.1) is 0 Å². The zero-order valence-corrected chi connectivity index (χ0v) is 14.3. The third-order valence-electron chi connectivity index (χ3n) is 6.86. The van der Waals surface area contributed by atoms with Crippen LogP contribution in [-0.2, 0) is 4.74 Å². The van der Waals surface area contributed by atoms with Gasteiger partial charge >= 0.3 is 0 Å². The Bertz CT molecular complexity index is 372. The molecule has 0 radical (unpaired) electrons. The van der Waals surface area contributed by atoms with E-state index in [4.69, 9.17) is 4.74 Å². The van der Waals surface area contributed by atoms with E-state index in [0.717, 1.165) is 31.1 Å². The van der Waals surface area contributed by atoms with Crippen molar-refractivity contribution in [2.75, 3.05) is 0 Å². The molecule has 1 nitrogen and oxygen atoms in total. The Morgan fingerprint density at radius 2 is 1.30 bits per heavy atom. The maximum Gasteiger partial charge on any atom is 0.168 e. The van der Waals surface area contributed by atoms with E-state index in [1.54, 1.807) is 0 Å². The smallest absolute Gasteiger partial charge is 0.168 e. The van der Waals surface area contributed by atoms with Crippen molar-refractivity contribution in [3.8, 4) is 0 Å². The molecule has 0 aromatic carbocycles. The molecule has 0 aliphatic heterocycles. The number of hydrogen-bond donors (Lipinski definition) is 0. The predicted molar refractivity (Wildman–Crippen MR) is 89.6 cm³/mol. The van der Waals surface area contributed by atoms with Gasteiger partial charge in [-0.2, -0.15) is 0 Å². The normalized spacial score (nSPS) is 43.0. The van der Waals surface area contributed by atoms with Crippen LogP contribution in [0.15, 0.2) is 12.8 Å². The van der Waals surface area contributed by atoms with Crippen molar-refractivity contribution in [2.24, 2.45) is 23.7 Å². The molecular weight excluding hydrogens is 294 g/mol. The molecule has 3 saturated carbocycles. The Balaban J connectivity index is 1.50. The van der Waals surface area contributed by atoms with Gasteiger partial charge in [-0.3, -0.25) is 0 Å². The summed E-state index contributed by atoms with van der Waals surface area (Å²) in [7, 11) is 0. The first-order valence-electron chi connectivity index (χ1n) is 9.75. The molecule has 0 N–H and O–H groups in total. The predicted octanol–water partition coefficient (Wildman–Crippen LogP) is 5.99. The zero-order valence-electron chi connectivity index (χ0n) is 14.3. The monoisotopic (exact) mass is 326 g/mol. The van der Waals surface area contributed by atoms with Crippen molar-refractivity contribution >= 4 is 0 Å². The molecule has 0 aromatic heterocycles. The molecule has 3 fully saturated rings. The molecule has 4 unspecified atom stereocenters. The van der Waals surface area contributed by atoms with Crippen LogP contribution >= 0.6 is 0 Å². The summed E-state index contributed by atoms with van der Waals surface area (Å²) in [5, 5.41) is 0. The molecule has 3 aliphatic carbocycles. The fourth-order valence-corrected chi connectivity index (χ4v) is 5.53. The Kier molecular flexibility index (Phi) is 5.98. The van der Waals surface area contributed by atoms with Gasteiger partial charge in [0.05, 0.1) is 6.26 Å². The summed E-state index contributed by atoms with van der Waals surface area (Å²) < 4.78 is 34.0. The van der Waals surface area contributed by atoms with Crippen molar-refractivity contribution in [3.63, 3.8) is 0 Å². The van der Waals surface area contributed by atoms with Gasteiger partial charge in [-0.25, -0.2) is 8.78 Å². The second-order valence-electron chi connectivity index (χ2n) is 8.04. The largest absolute Gasteiger partial charge is 0.495 e. The molecule has 3 aliphatic rings. The quantitative estimate of drug-likeness (QED) is 0.577. The highest BCUT2D eigenvalue weighted by molar-refractivity contribution is 4.94. The highest BCUT2D eigenvalue weighted by atomic mass is 19.2. The van der Waals surface area contributed by atoms with E-state index < -0.39 is 18.4 Å². The van der Waals surface area contributed by atoms with Crippen molar-refractivity contribution in [1.82, 2.24) is 0 Å². The molecule has 23 heavy (non-hydrogen) atoms. The van der Waals surface area contributed by atoms with Crippen LogP contribution in [0.5, 0.6) is 0 Å². The van der Waals surface area contributed by atoms with E-state index in [1.807, 2.05) is 0 Å². The summed E-state index contributed by atoms with van der Waals surface area (Å²) in [4.78, 5) is 0. The fraction of sp³-hybridized carbons (Fsp3) is 0.900. The maximum atomic E-state index is 14.6. The van der Waals surface area contributed by atoms with Crippen LogP contribution < -0.4 is 0 Å². The molecule has 0 saturated heterocycles. The van der Waals surface area contributed by atoms with Crippen molar-refractivity contribution in [1.29, 1.82) is 0 Å². The van der Waals surface area contributed by atoms with E-state index in [2.05, 4.69) is 6.58 Å². The third kappa shape index (κ3) is 3.91. The van der Waals surface area contributed by atoms with Crippen LogP contribution in [0, 0.1) is 23.7 Å². The lowest BCUT2D eigenvalue weighted by Gasteiger charge is -2.42. The van der Waals surface area contributed by atoms with Gasteiger partial charge in [0, 0.05) is 0 Å². The topological polar surface area (TPSA) is 9.23 Å². The average molecular weight is 326 g/mol. The Hall–Kier alpha value is -0.600. The van der Waals surface area contributed by atoms with Gasteiger partial charge in [0.1, 0.15) is 12.3 Å². The number of rotatable bonds is 4. The summed E-state index contributed by atoms with van der Waals surface area (Å²) in [6, 6.07) is 0. The van der Waals surface area contributed by atoms with Gasteiger partial charge < -0.3 is 4.74 Å². The summed E-state index contributed by atoms with van der Waals surface area (Å²) in [6.07, 6.45) is 10.9. The first-order valence-corrected chi connectivity index (χ1v) is 9.75. The van der Waals surface area contributed by atoms with Gasteiger partial charge in [-0.05, 0) is 62.2 Å². The van der Waals surface area contributed by atoms with Crippen molar-refractivity contribution in [3.05, 3.63) is 12.8 Å². The molecule has 3 rings (SSSR count). The molecule has 0 heterocycles. The number of ether oxygens (including phenoxy) is 1. The Morgan fingerprint density at radius 1 is 0.696 bits per heavy atom. The number of halogens is 2. The van der Waals surface area contributed by atoms with E-state index >= 15 is 0 Å². The molecule has 0 spiro atoms. The molecule has 0 aromatic rings. The number of alkyl halides is 2. The molecule has 0 bridgehead atoms. The SMILES string of the molecule is C=COC1CCC(C2CCC(C3CCCCC3)CC2)C(F)C1F. The summed E-state index contributed by atoms with van der Waals surface area (Å²) >= 11 is 0. The van der Waals surface area contributed by atoms with Crippen LogP contribution in [0.3, 0.4) is 0 Å².